The fourth-order valence-electron chi connectivity index (χ4n) is 3.55. The van der Waals surface area contributed by atoms with Gasteiger partial charge in [-0.2, -0.15) is 0 Å². The first kappa shape index (κ1) is 16.3. The lowest BCUT2D eigenvalue weighted by atomic mass is 9.80. The third-order valence-electron chi connectivity index (χ3n) is 5.00. The molecule has 0 aliphatic heterocycles. The van der Waals surface area contributed by atoms with Crippen LogP contribution in [0.25, 0.3) is 0 Å². The van der Waals surface area contributed by atoms with Crippen LogP contribution in [-0.2, 0) is 13.6 Å². The van der Waals surface area contributed by atoms with Crippen LogP contribution in [-0.4, -0.2) is 32.8 Å². The number of aliphatic imine (C=N–C) groups is 1. The van der Waals surface area contributed by atoms with Crippen molar-refractivity contribution in [2.45, 2.75) is 71.5 Å². The van der Waals surface area contributed by atoms with Gasteiger partial charge in [-0.25, -0.2) is 4.99 Å². The number of hydrogen-bond donors (Lipinski definition) is 2. The molecule has 2 saturated carbocycles. The van der Waals surface area contributed by atoms with Crippen molar-refractivity contribution in [3.05, 3.63) is 11.6 Å². The summed E-state index contributed by atoms with van der Waals surface area (Å²) in [7, 11) is 1.99. The summed E-state index contributed by atoms with van der Waals surface area (Å²) >= 11 is 0. The second-order valence-corrected chi connectivity index (χ2v) is 7.56. The molecule has 6 heteroatoms. The zero-order valence-corrected chi connectivity index (χ0v) is 14.8. The van der Waals surface area contributed by atoms with Gasteiger partial charge in [0.1, 0.15) is 12.4 Å². The van der Waals surface area contributed by atoms with E-state index in [1.165, 1.54) is 32.1 Å². The first-order valence-electron chi connectivity index (χ1n) is 8.93. The van der Waals surface area contributed by atoms with E-state index in [0.29, 0.717) is 18.6 Å². The van der Waals surface area contributed by atoms with Crippen molar-refractivity contribution in [3.8, 4) is 0 Å². The van der Waals surface area contributed by atoms with E-state index in [-0.39, 0.29) is 0 Å². The molecule has 3 rings (SSSR count). The monoisotopic (exact) mass is 318 g/mol. The van der Waals surface area contributed by atoms with Crippen molar-refractivity contribution in [2.75, 3.05) is 0 Å². The standard InChI is InChI=1S/C17H30N6/c1-11-7-12(2)9-15(8-11)20-17(19-14-5-6-14)18-10-16-22-21-13(3)23(16)4/h11-12,14-15H,5-10H2,1-4H3,(H2,18,19,20). The minimum absolute atomic E-state index is 0.528. The van der Waals surface area contributed by atoms with Crippen LogP contribution in [0, 0.1) is 18.8 Å². The Hall–Kier alpha value is -1.59. The summed E-state index contributed by atoms with van der Waals surface area (Å²) in [6.07, 6.45) is 6.32. The van der Waals surface area contributed by atoms with Crippen LogP contribution < -0.4 is 10.6 Å². The molecule has 1 heterocycles. The number of hydrogen-bond acceptors (Lipinski definition) is 3. The molecule has 2 fully saturated rings. The van der Waals surface area contributed by atoms with Crippen LogP contribution in [0.4, 0.5) is 0 Å². The van der Waals surface area contributed by atoms with E-state index in [1.54, 1.807) is 0 Å². The molecule has 2 unspecified atom stereocenters. The van der Waals surface area contributed by atoms with Gasteiger partial charge in [0.05, 0.1) is 0 Å². The molecule has 0 radical (unpaired) electrons. The summed E-state index contributed by atoms with van der Waals surface area (Å²) in [6.45, 7) is 7.25. The Kier molecular flexibility index (Phi) is 4.87. The largest absolute Gasteiger partial charge is 0.354 e. The molecule has 0 amide bonds. The Morgan fingerprint density at radius 3 is 2.30 bits per heavy atom. The van der Waals surface area contributed by atoms with Crippen molar-refractivity contribution < 1.29 is 0 Å². The number of nitrogens with zero attached hydrogens (tertiary/aromatic N) is 4. The fourth-order valence-corrected chi connectivity index (χ4v) is 3.55. The maximum Gasteiger partial charge on any atom is 0.192 e. The highest BCUT2D eigenvalue weighted by atomic mass is 15.3. The molecule has 0 bridgehead atoms. The Labute approximate surface area is 139 Å². The first-order valence-corrected chi connectivity index (χ1v) is 8.93. The van der Waals surface area contributed by atoms with Gasteiger partial charge in [0.25, 0.3) is 0 Å². The normalized spacial score (nSPS) is 28.7. The first-order chi connectivity index (χ1) is 11.0. The second kappa shape index (κ2) is 6.89. The molecule has 1 aromatic heterocycles. The van der Waals surface area contributed by atoms with Gasteiger partial charge >= 0.3 is 0 Å². The molecule has 2 N–H and O–H groups in total. The summed E-state index contributed by atoms with van der Waals surface area (Å²) in [6, 6.07) is 1.13. The lowest BCUT2D eigenvalue weighted by Gasteiger charge is -2.33. The van der Waals surface area contributed by atoms with E-state index in [2.05, 4.69) is 34.7 Å². The molecule has 128 valence electrons. The zero-order chi connectivity index (χ0) is 16.4. The van der Waals surface area contributed by atoms with E-state index < -0.39 is 0 Å². The van der Waals surface area contributed by atoms with E-state index in [1.807, 2.05) is 18.5 Å². The molecular formula is C17H30N6. The van der Waals surface area contributed by atoms with E-state index in [0.717, 1.165) is 29.4 Å². The maximum atomic E-state index is 4.76. The molecule has 0 saturated heterocycles. The van der Waals surface area contributed by atoms with Gasteiger partial charge in [0.15, 0.2) is 11.8 Å². The highest BCUT2D eigenvalue weighted by Gasteiger charge is 2.27. The molecule has 2 aliphatic rings. The van der Waals surface area contributed by atoms with Crippen LogP contribution >= 0.6 is 0 Å². The average molecular weight is 318 g/mol. The van der Waals surface area contributed by atoms with Crippen LogP contribution in [0.1, 0.15) is 57.6 Å². The van der Waals surface area contributed by atoms with Gasteiger partial charge < -0.3 is 15.2 Å². The van der Waals surface area contributed by atoms with Crippen LogP contribution in [0.2, 0.25) is 0 Å². The Morgan fingerprint density at radius 2 is 1.74 bits per heavy atom. The van der Waals surface area contributed by atoms with Gasteiger partial charge in [0, 0.05) is 19.1 Å². The molecule has 6 nitrogen and oxygen atoms in total. The van der Waals surface area contributed by atoms with Crippen molar-refractivity contribution >= 4 is 5.96 Å². The Balaban J connectivity index is 1.64. The highest BCUT2D eigenvalue weighted by molar-refractivity contribution is 5.80. The molecule has 1 aromatic rings. The van der Waals surface area contributed by atoms with Crippen molar-refractivity contribution in [1.29, 1.82) is 0 Å². The van der Waals surface area contributed by atoms with Gasteiger partial charge in [-0.15, -0.1) is 10.2 Å². The third kappa shape index (κ3) is 4.45. The quantitative estimate of drug-likeness (QED) is 0.659. The van der Waals surface area contributed by atoms with Crippen LogP contribution in [0.5, 0.6) is 0 Å². The van der Waals surface area contributed by atoms with Crippen molar-refractivity contribution in [3.63, 3.8) is 0 Å². The minimum Gasteiger partial charge on any atom is -0.354 e. The third-order valence-corrected chi connectivity index (χ3v) is 5.00. The topological polar surface area (TPSA) is 67.1 Å². The van der Waals surface area contributed by atoms with Crippen LogP contribution in [0.15, 0.2) is 4.99 Å². The molecule has 0 aromatic carbocycles. The Bertz CT molecular complexity index is 549. The van der Waals surface area contributed by atoms with Crippen molar-refractivity contribution in [2.24, 2.45) is 23.9 Å². The summed E-state index contributed by atoms with van der Waals surface area (Å²) in [4.78, 5) is 4.76. The fraction of sp³-hybridized carbons (Fsp3) is 0.824. The van der Waals surface area contributed by atoms with Gasteiger partial charge in [-0.3, -0.25) is 0 Å². The van der Waals surface area contributed by atoms with E-state index in [9.17, 15) is 0 Å². The summed E-state index contributed by atoms with van der Waals surface area (Å²) < 4.78 is 2.00. The lowest BCUT2D eigenvalue weighted by molar-refractivity contribution is 0.255. The van der Waals surface area contributed by atoms with Crippen molar-refractivity contribution in [1.82, 2.24) is 25.4 Å². The van der Waals surface area contributed by atoms with Crippen LogP contribution in [0.3, 0.4) is 0 Å². The summed E-state index contributed by atoms with van der Waals surface area (Å²) in [5.74, 6) is 4.36. The molecule has 23 heavy (non-hydrogen) atoms. The lowest BCUT2D eigenvalue weighted by Crippen LogP contribution is -2.47. The van der Waals surface area contributed by atoms with E-state index in [4.69, 9.17) is 4.99 Å². The maximum absolute atomic E-state index is 4.76. The minimum atomic E-state index is 0.528. The molecule has 2 atom stereocenters. The summed E-state index contributed by atoms with van der Waals surface area (Å²) in [5.41, 5.74) is 0. The Morgan fingerprint density at radius 1 is 1.09 bits per heavy atom. The molecular weight excluding hydrogens is 288 g/mol. The molecule has 0 spiro atoms. The van der Waals surface area contributed by atoms with Gasteiger partial charge in [0.2, 0.25) is 0 Å². The number of rotatable bonds is 4. The highest BCUT2D eigenvalue weighted by Crippen LogP contribution is 2.28. The smallest absolute Gasteiger partial charge is 0.192 e. The zero-order valence-electron chi connectivity index (χ0n) is 14.8. The van der Waals surface area contributed by atoms with Gasteiger partial charge in [-0.1, -0.05) is 13.8 Å². The average Bonchev–Trinajstić information content (AvgIpc) is 3.23. The SMILES string of the molecule is Cc1nnc(CN=C(NC2CC2)NC2CC(C)CC(C)C2)n1C. The van der Waals surface area contributed by atoms with E-state index >= 15 is 0 Å². The summed E-state index contributed by atoms with van der Waals surface area (Å²) in [5, 5.41) is 15.5. The number of nitrogens with one attached hydrogen (secondary N) is 2. The van der Waals surface area contributed by atoms with Gasteiger partial charge in [-0.05, 0) is 50.9 Å². The second-order valence-electron chi connectivity index (χ2n) is 7.56. The predicted molar refractivity (Wildman–Crippen MR) is 92.1 cm³/mol. The number of aromatic nitrogens is 3. The number of aryl methyl sites for hydroxylation is 1. The predicted octanol–water partition coefficient (Wildman–Crippen LogP) is 2.15. The molecule has 2 aliphatic carbocycles. The number of guanidine groups is 1.